The Hall–Kier alpha value is -2.77. The molecule has 0 unspecified atom stereocenters. The van der Waals surface area contributed by atoms with E-state index < -0.39 is 12.6 Å². The first-order chi connectivity index (χ1) is 12.9. The van der Waals surface area contributed by atoms with Crippen LogP contribution in [0.15, 0.2) is 52.4 Å². The number of aryl methyl sites for hydroxylation is 1. The number of carbonyl (C=O) groups excluding carboxylic acids is 1. The Morgan fingerprint density at radius 3 is 2.70 bits per heavy atom. The molecule has 1 aliphatic heterocycles. The van der Waals surface area contributed by atoms with Gasteiger partial charge in [-0.1, -0.05) is 35.4 Å². The van der Waals surface area contributed by atoms with Gasteiger partial charge in [0.1, 0.15) is 5.75 Å². The van der Waals surface area contributed by atoms with Crippen LogP contribution < -0.4 is 10.1 Å². The minimum Gasteiger partial charge on any atom is -0.480 e. The number of hydrogen-bond acceptors (Lipinski definition) is 5. The molecule has 3 rings (SSSR count). The number of benzene rings is 2. The highest BCUT2D eigenvalue weighted by Gasteiger charge is 2.23. The number of aliphatic carboxylic acids is 1. The van der Waals surface area contributed by atoms with E-state index in [1.165, 1.54) is 11.8 Å². The molecule has 2 N–H and O–H groups in total. The van der Waals surface area contributed by atoms with Crippen molar-refractivity contribution < 1.29 is 19.4 Å². The van der Waals surface area contributed by atoms with Gasteiger partial charge in [-0.25, -0.2) is 9.79 Å². The van der Waals surface area contributed by atoms with E-state index >= 15 is 0 Å². The van der Waals surface area contributed by atoms with Crippen LogP contribution in [0.1, 0.15) is 11.1 Å². The number of halogens is 1. The van der Waals surface area contributed by atoms with Crippen LogP contribution in [0.4, 0.5) is 5.69 Å². The average Bonchev–Trinajstić information content (AvgIpc) is 2.95. The predicted octanol–water partition coefficient (Wildman–Crippen LogP) is 4.00. The number of thioether (sulfide) groups is 1. The van der Waals surface area contributed by atoms with Gasteiger partial charge in [-0.2, -0.15) is 0 Å². The Kier molecular flexibility index (Phi) is 5.83. The molecule has 0 saturated carbocycles. The summed E-state index contributed by atoms with van der Waals surface area (Å²) in [6.07, 6.45) is 1.69. The quantitative estimate of drug-likeness (QED) is 0.738. The zero-order valence-corrected chi connectivity index (χ0v) is 15.8. The third-order valence-electron chi connectivity index (χ3n) is 3.52. The molecular formula is C19H15ClN2O4S. The van der Waals surface area contributed by atoms with Crippen molar-refractivity contribution in [1.29, 1.82) is 0 Å². The molecule has 0 bridgehead atoms. The first-order valence-corrected chi connectivity index (χ1v) is 9.10. The lowest BCUT2D eigenvalue weighted by atomic mass is 10.2. The Bertz CT molecular complexity index is 955. The van der Waals surface area contributed by atoms with E-state index in [4.69, 9.17) is 21.4 Å². The fraction of sp³-hybridized carbons (Fsp3) is 0.105. The molecule has 0 aromatic heterocycles. The summed E-state index contributed by atoms with van der Waals surface area (Å²) in [7, 11) is 0. The van der Waals surface area contributed by atoms with Gasteiger partial charge in [-0.3, -0.25) is 4.79 Å². The predicted molar refractivity (Wildman–Crippen MR) is 107 cm³/mol. The third kappa shape index (κ3) is 5.12. The van der Waals surface area contributed by atoms with E-state index in [1.54, 1.807) is 24.3 Å². The van der Waals surface area contributed by atoms with Gasteiger partial charge in [0.15, 0.2) is 11.8 Å². The zero-order chi connectivity index (χ0) is 19.4. The normalized spacial score (nSPS) is 16.6. The maximum Gasteiger partial charge on any atom is 0.341 e. The number of nitrogens with one attached hydrogen (secondary N) is 1. The van der Waals surface area contributed by atoms with E-state index in [-0.39, 0.29) is 16.7 Å². The molecule has 1 fully saturated rings. The SMILES string of the molecule is Cc1ccc(N=C2NC(=O)C(=Cc3ccc(OCC(=O)O)c(Cl)c3)S2)cc1. The number of amides is 1. The molecule has 0 aliphatic carbocycles. The number of hydrogen-bond donors (Lipinski definition) is 2. The Morgan fingerprint density at radius 2 is 2.04 bits per heavy atom. The van der Waals surface area contributed by atoms with Crippen LogP contribution in [-0.2, 0) is 9.59 Å². The van der Waals surface area contributed by atoms with Crippen LogP contribution in [0.5, 0.6) is 5.75 Å². The maximum absolute atomic E-state index is 12.2. The zero-order valence-electron chi connectivity index (χ0n) is 14.2. The molecule has 0 radical (unpaired) electrons. The molecule has 1 saturated heterocycles. The van der Waals surface area contributed by atoms with Gasteiger partial charge in [-0.15, -0.1) is 0 Å². The molecule has 0 atom stereocenters. The van der Waals surface area contributed by atoms with Crippen LogP contribution in [0.25, 0.3) is 6.08 Å². The molecule has 1 heterocycles. The summed E-state index contributed by atoms with van der Waals surface area (Å²) in [6.45, 7) is 1.52. The number of nitrogens with zero attached hydrogens (tertiary/aromatic N) is 1. The molecule has 1 aliphatic rings. The van der Waals surface area contributed by atoms with Crippen LogP contribution in [0.3, 0.4) is 0 Å². The summed E-state index contributed by atoms with van der Waals surface area (Å²) in [5.74, 6) is -1.06. The summed E-state index contributed by atoms with van der Waals surface area (Å²) in [5, 5.41) is 12.1. The van der Waals surface area contributed by atoms with Crippen LogP contribution in [0, 0.1) is 6.92 Å². The number of carboxylic acid groups (broad SMARTS) is 1. The van der Waals surface area contributed by atoms with Gasteiger partial charge in [0.2, 0.25) is 0 Å². The first kappa shape index (κ1) is 19.0. The fourth-order valence-electron chi connectivity index (χ4n) is 2.23. The summed E-state index contributed by atoms with van der Waals surface area (Å²) in [5.41, 5.74) is 2.58. The van der Waals surface area contributed by atoms with Crippen molar-refractivity contribution in [3.05, 3.63) is 63.5 Å². The highest BCUT2D eigenvalue weighted by molar-refractivity contribution is 8.18. The fourth-order valence-corrected chi connectivity index (χ4v) is 3.32. The minimum absolute atomic E-state index is 0.242. The monoisotopic (exact) mass is 402 g/mol. The van der Waals surface area contributed by atoms with Gasteiger partial charge >= 0.3 is 5.97 Å². The van der Waals surface area contributed by atoms with Crippen molar-refractivity contribution in [3.8, 4) is 5.75 Å². The summed E-state index contributed by atoms with van der Waals surface area (Å²) in [4.78, 5) is 27.6. The first-order valence-electron chi connectivity index (χ1n) is 7.91. The number of ether oxygens (including phenoxy) is 1. The molecule has 6 nitrogen and oxygen atoms in total. The smallest absolute Gasteiger partial charge is 0.341 e. The number of aliphatic imine (C=N–C) groups is 1. The van der Waals surface area contributed by atoms with Crippen molar-refractivity contribution in [1.82, 2.24) is 5.32 Å². The third-order valence-corrected chi connectivity index (χ3v) is 4.73. The molecule has 0 spiro atoms. The molecule has 138 valence electrons. The van der Waals surface area contributed by atoms with Gasteiger partial charge in [-0.05, 0) is 54.6 Å². The Labute approximate surface area is 164 Å². The Balaban J connectivity index is 1.75. The standard InChI is InChI=1S/C19H15ClN2O4S/c1-11-2-5-13(6-3-11)21-19-22-18(25)16(27-19)9-12-4-7-15(14(20)8-12)26-10-17(23)24/h2-9H,10H2,1H3,(H,23,24)(H,21,22,25). The highest BCUT2D eigenvalue weighted by atomic mass is 35.5. The average molecular weight is 403 g/mol. The molecule has 8 heteroatoms. The summed E-state index contributed by atoms with van der Waals surface area (Å²) < 4.78 is 5.08. The van der Waals surface area contributed by atoms with Crippen LogP contribution in [-0.4, -0.2) is 28.8 Å². The summed E-state index contributed by atoms with van der Waals surface area (Å²) in [6, 6.07) is 12.5. The van der Waals surface area contributed by atoms with Gasteiger partial charge in [0.25, 0.3) is 5.91 Å². The number of carboxylic acids is 1. The van der Waals surface area contributed by atoms with E-state index in [0.29, 0.717) is 15.6 Å². The molecule has 27 heavy (non-hydrogen) atoms. The number of amidine groups is 1. The second-order valence-corrected chi connectivity index (χ2v) is 7.13. The molecule has 1 amide bonds. The second kappa shape index (κ2) is 8.28. The van der Waals surface area contributed by atoms with Crippen LogP contribution >= 0.6 is 23.4 Å². The topological polar surface area (TPSA) is 88.0 Å². The van der Waals surface area contributed by atoms with Crippen molar-refractivity contribution in [3.63, 3.8) is 0 Å². The van der Waals surface area contributed by atoms with Crippen molar-refractivity contribution in [2.75, 3.05) is 6.61 Å². The number of rotatable bonds is 5. The number of carbonyl (C=O) groups is 2. The van der Waals surface area contributed by atoms with E-state index in [2.05, 4.69) is 10.3 Å². The molecule has 2 aromatic rings. The minimum atomic E-state index is -1.09. The van der Waals surface area contributed by atoms with Gasteiger partial charge in [0, 0.05) is 0 Å². The largest absolute Gasteiger partial charge is 0.480 e. The van der Waals surface area contributed by atoms with E-state index in [0.717, 1.165) is 11.3 Å². The van der Waals surface area contributed by atoms with Gasteiger partial charge < -0.3 is 15.2 Å². The summed E-state index contributed by atoms with van der Waals surface area (Å²) >= 11 is 7.34. The van der Waals surface area contributed by atoms with Crippen LogP contribution in [0.2, 0.25) is 5.02 Å². The molecular weight excluding hydrogens is 388 g/mol. The maximum atomic E-state index is 12.2. The molecule has 2 aromatic carbocycles. The lowest BCUT2D eigenvalue weighted by molar-refractivity contribution is -0.139. The lowest BCUT2D eigenvalue weighted by Crippen LogP contribution is -2.19. The van der Waals surface area contributed by atoms with Gasteiger partial charge in [0.05, 0.1) is 15.6 Å². The van der Waals surface area contributed by atoms with Crippen molar-refractivity contribution >= 4 is 52.2 Å². The van der Waals surface area contributed by atoms with Crippen molar-refractivity contribution in [2.24, 2.45) is 4.99 Å². The van der Waals surface area contributed by atoms with E-state index in [9.17, 15) is 9.59 Å². The highest BCUT2D eigenvalue weighted by Crippen LogP contribution is 2.31. The second-order valence-electron chi connectivity index (χ2n) is 5.69. The lowest BCUT2D eigenvalue weighted by Gasteiger charge is -2.06. The Morgan fingerprint density at radius 1 is 1.30 bits per heavy atom. The van der Waals surface area contributed by atoms with Crippen molar-refractivity contribution in [2.45, 2.75) is 6.92 Å². The van der Waals surface area contributed by atoms with E-state index in [1.807, 2.05) is 31.2 Å².